The van der Waals surface area contributed by atoms with Crippen LogP contribution in [0.1, 0.15) is 18.1 Å². The quantitative estimate of drug-likeness (QED) is 0.469. The van der Waals surface area contributed by atoms with Gasteiger partial charge in [0.1, 0.15) is 6.04 Å². The largest absolute Gasteiger partial charge is 0.464 e. The minimum Gasteiger partial charge on any atom is -0.464 e. The Hall–Kier alpha value is -3.15. The van der Waals surface area contributed by atoms with Gasteiger partial charge in [0.25, 0.3) is 5.69 Å². The number of carbonyl (C=O) groups is 1. The fraction of sp³-hybridized carbons (Fsp3) is 0.211. The molecule has 0 aliphatic heterocycles. The Morgan fingerprint density at radius 2 is 1.84 bits per heavy atom. The van der Waals surface area contributed by atoms with Gasteiger partial charge in [-0.15, -0.1) is 0 Å². The molecule has 2 aromatic rings. The van der Waals surface area contributed by atoms with E-state index in [9.17, 15) is 14.9 Å². The average Bonchev–Trinajstić information content (AvgIpc) is 2.60. The lowest BCUT2D eigenvalue weighted by Gasteiger charge is -2.15. The molecular weight excluding hydrogens is 320 g/mol. The van der Waals surface area contributed by atoms with Gasteiger partial charge in [-0.25, -0.2) is 4.79 Å². The molecule has 2 aromatic carbocycles. The maximum atomic E-state index is 12.2. The third-order valence-corrected chi connectivity index (χ3v) is 3.50. The highest BCUT2D eigenvalue weighted by molar-refractivity contribution is 5.83. The highest BCUT2D eigenvalue weighted by Gasteiger charge is 2.16. The first-order valence-electron chi connectivity index (χ1n) is 7.92. The molecule has 6 heteroatoms. The summed E-state index contributed by atoms with van der Waals surface area (Å²) in [5, 5.41) is 13.8. The van der Waals surface area contributed by atoms with Crippen molar-refractivity contribution >= 4 is 23.4 Å². The highest BCUT2D eigenvalue weighted by atomic mass is 16.6. The molecule has 0 aliphatic carbocycles. The van der Waals surface area contributed by atoms with Gasteiger partial charge in [-0.05, 0) is 43.7 Å². The van der Waals surface area contributed by atoms with Crippen LogP contribution in [0.2, 0.25) is 0 Å². The van der Waals surface area contributed by atoms with E-state index in [0.29, 0.717) is 0 Å². The van der Waals surface area contributed by atoms with E-state index >= 15 is 0 Å². The van der Waals surface area contributed by atoms with Crippen LogP contribution < -0.4 is 5.32 Å². The molecule has 0 aliphatic rings. The lowest BCUT2D eigenvalue weighted by atomic mass is 10.1. The van der Waals surface area contributed by atoms with E-state index < -0.39 is 11.0 Å². The number of benzene rings is 2. The second-order valence-electron chi connectivity index (χ2n) is 5.45. The van der Waals surface area contributed by atoms with Crippen molar-refractivity contribution in [3.63, 3.8) is 0 Å². The predicted molar refractivity (Wildman–Crippen MR) is 97.4 cm³/mol. The highest BCUT2D eigenvalue weighted by Crippen LogP contribution is 2.15. The van der Waals surface area contributed by atoms with Crippen molar-refractivity contribution in [1.82, 2.24) is 0 Å². The fourth-order valence-electron chi connectivity index (χ4n) is 2.16. The van der Waals surface area contributed by atoms with Crippen LogP contribution in [0.4, 0.5) is 11.4 Å². The van der Waals surface area contributed by atoms with E-state index in [0.717, 1.165) is 16.8 Å². The monoisotopic (exact) mass is 340 g/mol. The number of esters is 1. The number of anilines is 1. The number of hydrogen-bond acceptors (Lipinski definition) is 5. The second kappa shape index (κ2) is 8.63. The first kappa shape index (κ1) is 18.2. The predicted octanol–water partition coefficient (Wildman–Crippen LogP) is 3.96. The number of aryl methyl sites for hydroxylation is 1. The number of carbonyl (C=O) groups excluding carboxylic acids is 1. The maximum Gasteiger partial charge on any atom is 0.332 e. The summed E-state index contributed by atoms with van der Waals surface area (Å²) in [4.78, 5) is 22.4. The number of rotatable bonds is 7. The number of nitrogens with one attached hydrogen (secondary N) is 1. The Morgan fingerprint density at radius 3 is 2.40 bits per heavy atom. The van der Waals surface area contributed by atoms with Crippen LogP contribution in [0.25, 0.3) is 6.08 Å². The van der Waals surface area contributed by atoms with Gasteiger partial charge in [0.2, 0.25) is 0 Å². The van der Waals surface area contributed by atoms with E-state index in [1.165, 1.54) is 12.1 Å². The zero-order chi connectivity index (χ0) is 18.2. The van der Waals surface area contributed by atoms with Crippen LogP contribution in [-0.4, -0.2) is 23.5 Å². The molecule has 0 saturated heterocycles. The molecule has 0 amide bonds. The molecule has 0 saturated carbocycles. The van der Waals surface area contributed by atoms with Crippen molar-refractivity contribution in [3.8, 4) is 0 Å². The molecule has 0 aromatic heterocycles. The lowest BCUT2D eigenvalue weighted by Crippen LogP contribution is -2.29. The van der Waals surface area contributed by atoms with Crippen molar-refractivity contribution in [3.05, 3.63) is 75.8 Å². The Morgan fingerprint density at radius 1 is 1.20 bits per heavy atom. The number of nitro benzene ring substituents is 1. The molecule has 2 rings (SSSR count). The van der Waals surface area contributed by atoms with Crippen LogP contribution in [0, 0.1) is 17.0 Å². The normalized spacial score (nSPS) is 11.9. The topological polar surface area (TPSA) is 81.5 Å². The van der Waals surface area contributed by atoms with E-state index in [1.807, 2.05) is 31.2 Å². The molecule has 1 unspecified atom stereocenters. The fourth-order valence-corrected chi connectivity index (χ4v) is 2.16. The standard InChI is InChI=1S/C19H20N2O4/c1-3-25-19(22)18(20-16-9-4-14(2)5-10-16)13-8-15-6-11-17(12-7-15)21(23)24/h4-13,18,20H,3H2,1-2H3/b13-8+. The maximum absolute atomic E-state index is 12.2. The molecule has 0 heterocycles. The number of ether oxygens (including phenoxy) is 1. The molecule has 0 bridgehead atoms. The van der Waals surface area contributed by atoms with Gasteiger partial charge >= 0.3 is 5.97 Å². The molecule has 6 nitrogen and oxygen atoms in total. The van der Waals surface area contributed by atoms with E-state index in [-0.39, 0.29) is 18.3 Å². The molecule has 0 spiro atoms. The lowest BCUT2D eigenvalue weighted by molar-refractivity contribution is -0.384. The van der Waals surface area contributed by atoms with Crippen molar-refractivity contribution < 1.29 is 14.5 Å². The van der Waals surface area contributed by atoms with Crippen molar-refractivity contribution in [1.29, 1.82) is 0 Å². The van der Waals surface area contributed by atoms with Gasteiger partial charge in [0.05, 0.1) is 11.5 Å². The van der Waals surface area contributed by atoms with Gasteiger partial charge in [-0.1, -0.05) is 29.8 Å². The Kier molecular flexibility index (Phi) is 6.28. The third-order valence-electron chi connectivity index (χ3n) is 3.50. The van der Waals surface area contributed by atoms with Crippen molar-refractivity contribution in [2.24, 2.45) is 0 Å². The smallest absolute Gasteiger partial charge is 0.332 e. The zero-order valence-corrected chi connectivity index (χ0v) is 14.1. The van der Waals surface area contributed by atoms with E-state index in [2.05, 4.69) is 5.32 Å². The summed E-state index contributed by atoms with van der Waals surface area (Å²) in [5.41, 5.74) is 2.71. The van der Waals surface area contributed by atoms with Crippen LogP contribution in [0.3, 0.4) is 0 Å². The minimum absolute atomic E-state index is 0.0249. The van der Waals surface area contributed by atoms with Crippen LogP contribution in [-0.2, 0) is 9.53 Å². The second-order valence-corrected chi connectivity index (χ2v) is 5.45. The number of nitro groups is 1. The van der Waals surface area contributed by atoms with Gasteiger partial charge in [0, 0.05) is 17.8 Å². The molecule has 130 valence electrons. The van der Waals surface area contributed by atoms with E-state index in [4.69, 9.17) is 4.74 Å². The van der Waals surface area contributed by atoms with Gasteiger partial charge < -0.3 is 10.1 Å². The van der Waals surface area contributed by atoms with E-state index in [1.54, 1.807) is 31.2 Å². The van der Waals surface area contributed by atoms with Crippen molar-refractivity contribution in [2.75, 3.05) is 11.9 Å². The summed E-state index contributed by atoms with van der Waals surface area (Å²) < 4.78 is 5.10. The Bertz CT molecular complexity index is 752. The summed E-state index contributed by atoms with van der Waals surface area (Å²) in [6.45, 7) is 4.03. The summed E-state index contributed by atoms with van der Waals surface area (Å²) in [7, 11) is 0. The minimum atomic E-state index is -0.655. The molecular formula is C19H20N2O4. The van der Waals surface area contributed by atoms with Gasteiger partial charge in [0.15, 0.2) is 0 Å². The Balaban J connectivity index is 2.15. The summed E-state index contributed by atoms with van der Waals surface area (Å²) in [5.74, 6) is -0.388. The average molecular weight is 340 g/mol. The zero-order valence-electron chi connectivity index (χ0n) is 14.1. The summed E-state index contributed by atoms with van der Waals surface area (Å²) >= 11 is 0. The number of non-ortho nitro benzene ring substituents is 1. The van der Waals surface area contributed by atoms with Crippen molar-refractivity contribution in [2.45, 2.75) is 19.9 Å². The summed E-state index contributed by atoms with van der Waals surface area (Å²) in [6, 6.07) is 13.1. The molecule has 0 radical (unpaired) electrons. The van der Waals surface area contributed by atoms with Crippen LogP contribution >= 0.6 is 0 Å². The first-order valence-corrected chi connectivity index (χ1v) is 7.92. The number of hydrogen-bond donors (Lipinski definition) is 1. The summed E-state index contributed by atoms with van der Waals surface area (Å²) in [6.07, 6.45) is 3.41. The Labute approximate surface area is 146 Å². The van der Waals surface area contributed by atoms with Crippen LogP contribution in [0.5, 0.6) is 0 Å². The van der Waals surface area contributed by atoms with Crippen LogP contribution in [0.15, 0.2) is 54.6 Å². The third kappa shape index (κ3) is 5.46. The SMILES string of the molecule is CCOC(=O)C(/C=C/c1ccc([N+](=O)[O-])cc1)Nc1ccc(C)cc1. The molecule has 1 N–H and O–H groups in total. The number of nitrogens with zero attached hydrogens (tertiary/aromatic N) is 1. The molecule has 25 heavy (non-hydrogen) atoms. The van der Waals surface area contributed by atoms with Gasteiger partial charge in [-0.3, -0.25) is 10.1 Å². The van der Waals surface area contributed by atoms with Gasteiger partial charge in [-0.2, -0.15) is 0 Å². The molecule has 0 fully saturated rings. The molecule has 1 atom stereocenters. The first-order chi connectivity index (χ1) is 12.0.